The molecule has 3 nitrogen and oxygen atoms in total. The molecule has 2 unspecified atom stereocenters. The summed E-state index contributed by atoms with van der Waals surface area (Å²) in [7, 11) is 0. The second-order valence-corrected chi connectivity index (χ2v) is 8.21. The molecule has 2 fully saturated rings. The second kappa shape index (κ2) is 6.33. The Morgan fingerprint density at radius 2 is 2.05 bits per heavy atom. The van der Waals surface area contributed by atoms with Gasteiger partial charge in [-0.25, -0.2) is 0 Å². The van der Waals surface area contributed by atoms with E-state index in [1.165, 1.54) is 24.3 Å². The Bertz CT molecular complexity index is 279. The molecule has 2 aliphatic heterocycles. The maximum atomic E-state index is 6.36. The lowest BCUT2D eigenvalue weighted by atomic mass is 9.79. The van der Waals surface area contributed by atoms with E-state index in [0.29, 0.717) is 12.5 Å². The van der Waals surface area contributed by atoms with Gasteiger partial charge >= 0.3 is 0 Å². The van der Waals surface area contributed by atoms with E-state index < -0.39 is 0 Å². The predicted molar refractivity (Wildman–Crippen MR) is 81.6 cm³/mol. The van der Waals surface area contributed by atoms with Crippen LogP contribution in [-0.4, -0.2) is 42.0 Å². The molecule has 112 valence electrons. The molecule has 0 saturated carbocycles. The van der Waals surface area contributed by atoms with Crippen LogP contribution in [0.3, 0.4) is 0 Å². The van der Waals surface area contributed by atoms with Gasteiger partial charge in [0, 0.05) is 12.6 Å². The summed E-state index contributed by atoms with van der Waals surface area (Å²) in [6.07, 6.45) is 4.60. The van der Waals surface area contributed by atoms with E-state index in [0.717, 1.165) is 19.4 Å². The Balaban J connectivity index is 1.86. The minimum atomic E-state index is -0.0953. The lowest BCUT2D eigenvalue weighted by Crippen LogP contribution is -2.48. The summed E-state index contributed by atoms with van der Waals surface area (Å²) in [6, 6.07) is 0.148. The first-order valence-electron chi connectivity index (χ1n) is 7.52. The van der Waals surface area contributed by atoms with E-state index in [1.807, 2.05) is 11.8 Å². The summed E-state index contributed by atoms with van der Waals surface area (Å²) >= 11 is 2.05. The van der Waals surface area contributed by atoms with E-state index in [-0.39, 0.29) is 17.2 Å². The first-order chi connectivity index (χ1) is 8.90. The van der Waals surface area contributed by atoms with Gasteiger partial charge in [0.05, 0.1) is 17.8 Å². The average molecular weight is 287 g/mol. The maximum Gasteiger partial charge on any atom is 0.0701 e. The molecule has 2 saturated heterocycles. The van der Waals surface area contributed by atoms with Gasteiger partial charge in [0.25, 0.3) is 0 Å². The van der Waals surface area contributed by atoms with Gasteiger partial charge in [-0.15, -0.1) is 0 Å². The number of nitrogens with two attached hydrogens (primary N) is 1. The monoisotopic (exact) mass is 287 g/mol. The van der Waals surface area contributed by atoms with E-state index in [1.54, 1.807) is 0 Å². The zero-order chi connectivity index (χ0) is 13.9. The van der Waals surface area contributed by atoms with Crippen molar-refractivity contribution in [3.63, 3.8) is 0 Å². The maximum absolute atomic E-state index is 6.36. The van der Waals surface area contributed by atoms with Crippen LogP contribution >= 0.6 is 11.8 Å². The van der Waals surface area contributed by atoms with Crippen LogP contribution in [0.2, 0.25) is 0 Å². The molecule has 0 radical (unpaired) electrons. The predicted octanol–water partition coefficient (Wildman–Crippen LogP) is 2.82. The molecule has 0 amide bonds. The molecule has 0 aromatic carbocycles. The third-order valence-electron chi connectivity index (χ3n) is 4.25. The molecule has 2 atom stereocenters. The highest BCUT2D eigenvalue weighted by atomic mass is 32.2. The third kappa shape index (κ3) is 4.62. The molecule has 1 spiro atoms. The molecule has 4 heteroatoms. The average Bonchev–Trinajstić information content (AvgIpc) is 2.36. The molecule has 0 aliphatic carbocycles. The summed E-state index contributed by atoms with van der Waals surface area (Å²) in [4.78, 5) is 0. The van der Waals surface area contributed by atoms with Crippen molar-refractivity contribution in [2.24, 2.45) is 11.7 Å². The van der Waals surface area contributed by atoms with Crippen LogP contribution in [0, 0.1) is 5.92 Å². The van der Waals surface area contributed by atoms with Crippen molar-refractivity contribution < 1.29 is 9.47 Å². The van der Waals surface area contributed by atoms with Gasteiger partial charge in [-0.1, -0.05) is 0 Å². The lowest BCUT2D eigenvalue weighted by molar-refractivity contribution is -0.112. The van der Waals surface area contributed by atoms with Crippen molar-refractivity contribution in [1.82, 2.24) is 0 Å². The lowest BCUT2D eigenvalue weighted by Gasteiger charge is -2.45. The van der Waals surface area contributed by atoms with E-state index >= 15 is 0 Å². The van der Waals surface area contributed by atoms with Gasteiger partial charge in [-0.3, -0.25) is 0 Å². The summed E-state index contributed by atoms with van der Waals surface area (Å²) in [6.45, 7) is 7.80. The highest BCUT2D eigenvalue weighted by Gasteiger charge is 2.40. The summed E-state index contributed by atoms with van der Waals surface area (Å²) in [5.41, 5.74) is 6.40. The van der Waals surface area contributed by atoms with E-state index in [2.05, 4.69) is 20.8 Å². The van der Waals surface area contributed by atoms with Gasteiger partial charge in [-0.2, -0.15) is 11.8 Å². The molecular formula is C15H29NO2S. The van der Waals surface area contributed by atoms with Crippen molar-refractivity contribution in [3.05, 3.63) is 0 Å². The molecule has 2 aliphatic rings. The van der Waals surface area contributed by atoms with Gasteiger partial charge in [0.1, 0.15) is 0 Å². The molecule has 0 aromatic rings. The zero-order valence-electron chi connectivity index (χ0n) is 12.6. The van der Waals surface area contributed by atoms with Crippen LogP contribution in [0.5, 0.6) is 0 Å². The Labute approximate surface area is 122 Å². The van der Waals surface area contributed by atoms with Crippen LogP contribution in [0.15, 0.2) is 0 Å². The number of rotatable bonds is 3. The molecule has 2 N–H and O–H groups in total. The number of thioether (sulfide) groups is 1. The van der Waals surface area contributed by atoms with E-state index in [9.17, 15) is 0 Å². The standard InChI is InChI=1S/C15H29NO2S/c1-14(2,3)18-11-13(16)12-4-7-17-15(10-12)5-8-19-9-6-15/h12-13H,4-11,16H2,1-3H3. The molecule has 2 rings (SSSR count). The first-order valence-corrected chi connectivity index (χ1v) is 8.67. The van der Waals surface area contributed by atoms with Crippen molar-refractivity contribution >= 4 is 11.8 Å². The molecule has 19 heavy (non-hydrogen) atoms. The van der Waals surface area contributed by atoms with Crippen LogP contribution in [-0.2, 0) is 9.47 Å². The molecule has 0 aromatic heterocycles. The second-order valence-electron chi connectivity index (χ2n) is 6.98. The summed E-state index contributed by atoms with van der Waals surface area (Å²) < 4.78 is 12.0. The fourth-order valence-electron chi connectivity index (χ4n) is 3.01. The van der Waals surface area contributed by atoms with Crippen molar-refractivity contribution in [2.45, 2.75) is 63.7 Å². The van der Waals surface area contributed by atoms with Crippen molar-refractivity contribution in [1.29, 1.82) is 0 Å². The fourth-order valence-corrected chi connectivity index (χ4v) is 4.24. The summed E-state index contributed by atoms with van der Waals surface area (Å²) in [5, 5.41) is 0. The summed E-state index contributed by atoms with van der Waals surface area (Å²) in [5.74, 6) is 3.03. The van der Waals surface area contributed by atoms with Crippen LogP contribution in [0.4, 0.5) is 0 Å². The highest BCUT2D eigenvalue weighted by molar-refractivity contribution is 7.99. The Morgan fingerprint density at radius 1 is 1.37 bits per heavy atom. The normalized spacial score (nSPS) is 29.4. The fraction of sp³-hybridized carbons (Fsp3) is 1.00. The Kier molecular flexibility index (Phi) is 5.21. The highest BCUT2D eigenvalue weighted by Crippen LogP contribution is 2.40. The van der Waals surface area contributed by atoms with Gasteiger partial charge in [0.2, 0.25) is 0 Å². The molecular weight excluding hydrogens is 258 g/mol. The molecule has 0 bridgehead atoms. The minimum Gasteiger partial charge on any atom is -0.375 e. The topological polar surface area (TPSA) is 44.5 Å². The number of hydrogen-bond acceptors (Lipinski definition) is 4. The number of hydrogen-bond donors (Lipinski definition) is 1. The van der Waals surface area contributed by atoms with Gasteiger partial charge in [0.15, 0.2) is 0 Å². The largest absolute Gasteiger partial charge is 0.375 e. The smallest absolute Gasteiger partial charge is 0.0701 e. The van der Waals surface area contributed by atoms with E-state index in [4.69, 9.17) is 15.2 Å². The quantitative estimate of drug-likeness (QED) is 0.867. The number of ether oxygens (including phenoxy) is 2. The minimum absolute atomic E-state index is 0.0953. The Morgan fingerprint density at radius 3 is 2.68 bits per heavy atom. The zero-order valence-corrected chi connectivity index (χ0v) is 13.4. The first kappa shape index (κ1) is 15.6. The third-order valence-corrected chi connectivity index (χ3v) is 5.24. The Hall–Kier alpha value is 0.230. The van der Waals surface area contributed by atoms with Crippen molar-refractivity contribution in [3.8, 4) is 0 Å². The van der Waals surface area contributed by atoms with Gasteiger partial charge < -0.3 is 15.2 Å². The van der Waals surface area contributed by atoms with Crippen molar-refractivity contribution in [2.75, 3.05) is 24.7 Å². The van der Waals surface area contributed by atoms with Crippen LogP contribution < -0.4 is 5.73 Å². The SMILES string of the molecule is CC(C)(C)OCC(N)C1CCOC2(CCSCC2)C1. The van der Waals surface area contributed by atoms with Crippen LogP contribution in [0.25, 0.3) is 0 Å². The molecule has 2 heterocycles. The van der Waals surface area contributed by atoms with Crippen LogP contribution in [0.1, 0.15) is 46.5 Å². The van der Waals surface area contributed by atoms with Gasteiger partial charge in [-0.05, 0) is 63.9 Å².